The summed E-state index contributed by atoms with van der Waals surface area (Å²) in [5.41, 5.74) is 0.989. The van der Waals surface area contributed by atoms with Gasteiger partial charge in [-0.3, -0.25) is 4.90 Å². The molecule has 1 saturated heterocycles. The molecule has 24 heavy (non-hydrogen) atoms. The van der Waals surface area contributed by atoms with Crippen LogP contribution in [0.25, 0.3) is 0 Å². The third-order valence-electron chi connectivity index (χ3n) is 4.76. The quantitative estimate of drug-likeness (QED) is 0.828. The second kappa shape index (κ2) is 8.70. The smallest absolute Gasteiger partial charge is 0.124 e. The molecule has 2 unspecified atom stereocenters. The summed E-state index contributed by atoms with van der Waals surface area (Å²) in [6.07, 6.45) is 0. The van der Waals surface area contributed by atoms with Crippen LogP contribution in [0.1, 0.15) is 32.4 Å². The maximum atomic E-state index is 10.1. The first-order valence-corrected chi connectivity index (χ1v) is 8.81. The van der Waals surface area contributed by atoms with Crippen LogP contribution in [0.15, 0.2) is 18.2 Å². The fourth-order valence-corrected chi connectivity index (χ4v) is 3.67. The van der Waals surface area contributed by atoms with Crippen LogP contribution in [0.4, 0.5) is 0 Å². The van der Waals surface area contributed by atoms with E-state index in [9.17, 15) is 5.11 Å². The molecule has 5 heteroatoms. The van der Waals surface area contributed by atoms with E-state index in [0.717, 1.165) is 43.2 Å². The van der Waals surface area contributed by atoms with Gasteiger partial charge in [0.05, 0.1) is 26.9 Å². The van der Waals surface area contributed by atoms with E-state index in [1.165, 1.54) is 0 Å². The van der Waals surface area contributed by atoms with E-state index >= 15 is 0 Å². The van der Waals surface area contributed by atoms with Crippen molar-refractivity contribution >= 4 is 0 Å². The standard InChI is InChI=1S/C19H32N2O3/c1-14(2)11-20-8-9-21(15(3)12-20)18(13-22)17-10-16(23-4)6-7-19(17)24-5/h6-7,10,14-15,18,22H,8-9,11-13H2,1-5H3. The lowest BCUT2D eigenvalue weighted by Crippen LogP contribution is -2.54. The van der Waals surface area contributed by atoms with Gasteiger partial charge in [-0.15, -0.1) is 0 Å². The van der Waals surface area contributed by atoms with E-state index < -0.39 is 0 Å². The van der Waals surface area contributed by atoms with Gasteiger partial charge in [-0.1, -0.05) is 13.8 Å². The van der Waals surface area contributed by atoms with E-state index in [2.05, 4.69) is 30.6 Å². The number of aliphatic hydroxyl groups is 1. The molecule has 1 aromatic carbocycles. The van der Waals surface area contributed by atoms with Gasteiger partial charge in [0.1, 0.15) is 11.5 Å². The molecule has 0 bridgehead atoms. The third kappa shape index (κ3) is 4.41. The van der Waals surface area contributed by atoms with Crippen molar-refractivity contribution in [2.24, 2.45) is 5.92 Å². The molecule has 1 aliphatic rings. The summed E-state index contributed by atoms with van der Waals surface area (Å²) in [5.74, 6) is 2.26. The van der Waals surface area contributed by atoms with E-state index in [4.69, 9.17) is 9.47 Å². The molecule has 2 rings (SSSR count). The lowest BCUT2D eigenvalue weighted by atomic mass is 10.0. The summed E-state index contributed by atoms with van der Waals surface area (Å²) in [7, 11) is 3.33. The van der Waals surface area contributed by atoms with Gasteiger partial charge < -0.3 is 19.5 Å². The molecule has 0 aromatic heterocycles. The fourth-order valence-electron chi connectivity index (χ4n) is 3.67. The maximum Gasteiger partial charge on any atom is 0.124 e. The Kier molecular flexibility index (Phi) is 6.90. The number of ether oxygens (including phenoxy) is 2. The average Bonchev–Trinajstić information content (AvgIpc) is 2.56. The molecule has 0 amide bonds. The fraction of sp³-hybridized carbons (Fsp3) is 0.684. The number of nitrogens with zero attached hydrogens (tertiary/aromatic N) is 2. The molecule has 0 aliphatic carbocycles. The van der Waals surface area contributed by atoms with Crippen LogP contribution in [0.3, 0.4) is 0 Å². The highest BCUT2D eigenvalue weighted by Gasteiger charge is 2.31. The van der Waals surface area contributed by atoms with Crippen molar-refractivity contribution in [1.82, 2.24) is 9.80 Å². The second-order valence-corrected chi connectivity index (χ2v) is 7.05. The van der Waals surface area contributed by atoms with Gasteiger partial charge in [0.25, 0.3) is 0 Å². The minimum absolute atomic E-state index is 0.0675. The van der Waals surface area contributed by atoms with Gasteiger partial charge >= 0.3 is 0 Å². The Morgan fingerprint density at radius 1 is 1.21 bits per heavy atom. The van der Waals surface area contributed by atoms with Crippen LogP contribution in [-0.2, 0) is 0 Å². The molecular formula is C19H32N2O3. The molecule has 136 valence electrons. The van der Waals surface area contributed by atoms with Crippen molar-refractivity contribution in [3.8, 4) is 11.5 Å². The topological polar surface area (TPSA) is 45.2 Å². The summed E-state index contributed by atoms with van der Waals surface area (Å²) in [6.45, 7) is 11.0. The number of hydrogen-bond acceptors (Lipinski definition) is 5. The monoisotopic (exact) mass is 336 g/mol. The van der Waals surface area contributed by atoms with Crippen LogP contribution >= 0.6 is 0 Å². The summed E-state index contributed by atoms with van der Waals surface area (Å²) in [5, 5.41) is 10.1. The Bertz CT molecular complexity index is 521. The molecule has 1 aromatic rings. The first-order valence-electron chi connectivity index (χ1n) is 8.81. The summed E-state index contributed by atoms with van der Waals surface area (Å²) in [6, 6.07) is 6.08. The van der Waals surface area contributed by atoms with Crippen molar-refractivity contribution < 1.29 is 14.6 Å². The number of benzene rings is 1. The number of hydrogen-bond donors (Lipinski definition) is 1. The lowest BCUT2D eigenvalue weighted by molar-refractivity contribution is 0.0206. The molecule has 2 atom stereocenters. The number of rotatable bonds is 7. The van der Waals surface area contributed by atoms with Crippen molar-refractivity contribution in [3.63, 3.8) is 0 Å². The van der Waals surface area contributed by atoms with E-state index in [0.29, 0.717) is 12.0 Å². The molecule has 0 saturated carbocycles. The molecule has 0 spiro atoms. The Balaban J connectivity index is 2.20. The number of aliphatic hydroxyl groups excluding tert-OH is 1. The van der Waals surface area contributed by atoms with Gasteiger partial charge in [-0.25, -0.2) is 0 Å². The maximum absolute atomic E-state index is 10.1. The minimum atomic E-state index is -0.0775. The molecule has 5 nitrogen and oxygen atoms in total. The highest BCUT2D eigenvalue weighted by Crippen LogP contribution is 2.34. The Hall–Kier alpha value is -1.30. The Morgan fingerprint density at radius 3 is 2.50 bits per heavy atom. The van der Waals surface area contributed by atoms with Crippen LogP contribution in [-0.4, -0.2) is 68.0 Å². The molecule has 1 fully saturated rings. The molecule has 1 heterocycles. The van der Waals surface area contributed by atoms with Crippen molar-refractivity contribution in [3.05, 3.63) is 23.8 Å². The zero-order valence-corrected chi connectivity index (χ0v) is 15.7. The van der Waals surface area contributed by atoms with Crippen molar-refractivity contribution in [1.29, 1.82) is 0 Å². The summed E-state index contributed by atoms with van der Waals surface area (Å²) in [4.78, 5) is 4.90. The average molecular weight is 336 g/mol. The largest absolute Gasteiger partial charge is 0.497 e. The van der Waals surface area contributed by atoms with Gasteiger partial charge in [0.2, 0.25) is 0 Å². The van der Waals surface area contributed by atoms with E-state index in [1.807, 2.05) is 18.2 Å². The zero-order valence-electron chi connectivity index (χ0n) is 15.7. The van der Waals surface area contributed by atoms with Gasteiger partial charge in [0.15, 0.2) is 0 Å². The summed E-state index contributed by atoms with van der Waals surface area (Å²) < 4.78 is 10.9. The first-order chi connectivity index (χ1) is 11.5. The summed E-state index contributed by atoms with van der Waals surface area (Å²) >= 11 is 0. The molecule has 0 radical (unpaired) electrons. The minimum Gasteiger partial charge on any atom is -0.497 e. The predicted molar refractivity (Wildman–Crippen MR) is 96.8 cm³/mol. The number of piperazine rings is 1. The van der Waals surface area contributed by atoms with Crippen LogP contribution in [0, 0.1) is 5.92 Å². The van der Waals surface area contributed by atoms with Crippen LogP contribution in [0.2, 0.25) is 0 Å². The van der Waals surface area contributed by atoms with Crippen molar-refractivity contribution in [2.45, 2.75) is 32.9 Å². The zero-order chi connectivity index (χ0) is 17.7. The highest BCUT2D eigenvalue weighted by atomic mass is 16.5. The second-order valence-electron chi connectivity index (χ2n) is 7.05. The van der Waals surface area contributed by atoms with Gasteiger partial charge in [-0.05, 0) is 31.0 Å². The number of methoxy groups -OCH3 is 2. The Morgan fingerprint density at radius 2 is 1.96 bits per heavy atom. The highest BCUT2D eigenvalue weighted by molar-refractivity contribution is 5.42. The molecule has 1 aliphatic heterocycles. The SMILES string of the molecule is COc1ccc(OC)c(C(CO)N2CCN(CC(C)C)CC2C)c1. The van der Waals surface area contributed by atoms with E-state index in [-0.39, 0.29) is 12.6 Å². The first kappa shape index (κ1) is 19.0. The van der Waals surface area contributed by atoms with Gasteiger partial charge in [0, 0.05) is 37.8 Å². The van der Waals surface area contributed by atoms with E-state index in [1.54, 1.807) is 14.2 Å². The molecular weight excluding hydrogens is 304 g/mol. The predicted octanol–water partition coefficient (Wildman–Crippen LogP) is 2.40. The normalized spacial score (nSPS) is 21.0. The van der Waals surface area contributed by atoms with Gasteiger partial charge in [-0.2, -0.15) is 0 Å². The third-order valence-corrected chi connectivity index (χ3v) is 4.76. The Labute approximate surface area is 146 Å². The van der Waals surface area contributed by atoms with Crippen LogP contribution in [0.5, 0.6) is 11.5 Å². The molecule has 1 N–H and O–H groups in total. The lowest BCUT2D eigenvalue weighted by Gasteiger charge is -2.44. The van der Waals surface area contributed by atoms with Crippen LogP contribution < -0.4 is 9.47 Å². The van der Waals surface area contributed by atoms with Crippen molar-refractivity contribution in [2.75, 3.05) is 47.0 Å².